The molecule has 0 fully saturated rings. The number of allylic oxidation sites excluding steroid dienone is 1. The zero-order valence-electron chi connectivity index (χ0n) is 8.78. The van der Waals surface area contributed by atoms with Crippen molar-refractivity contribution in [3.05, 3.63) is 54.8 Å². The highest BCUT2D eigenvalue weighted by Gasteiger charge is 2.15. The molecule has 78 valence electrons. The van der Waals surface area contributed by atoms with Crippen molar-refractivity contribution in [3.8, 4) is 0 Å². The van der Waals surface area contributed by atoms with Crippen LogP contribution in [0, 0.1) is 0 Å². The van der Waals surface area contributed by atoms with Gasteiger partial charge in [-0.05, 0) is 12.1 Å². The van der Waals surface area contributed by atoms with Gasteiger partial charge in [0.15, 0.2) is 0 Å². The molecule has 0 bridgehead atoms. The molecule has 0 aromatic heterocycles. The summed E-state index contributed by atoms with van der Waals surface area (Å²) in [6.45, 7) is 9.98. The normalized spacial score (nSPS) is 15.3. The van der Waals surface area contributed by atoms with Gasteiger partial charge in [-0.1, -0.05) is 31.4 Å². The summed E-state index contributed by atoms with van der Waals surface area (Å²) in [5.41, 5.74) is 3.31. The Labute approximate surface area is 90.5 Å². The Hall–Kier alpha value is -1.54. The number of para-hydroxylation sites is 1. The molecule has 0 aliphatic carbocycles. The Morgan fingerprint density at radius 3 is 3.00 bits per heavy atom. The Morgan fingerprint density at radius 2 is 2.20 bits per heavy atom. The molecule has 0 atom stereocenters. The van der Waals surface area contributed by atoms with E-state index in [2.05, 4.69) is 30.2 Å². The number of benzene rings is 1. The lowest BCUT2D eigenvalue weighted by Crippen LogP contribution is -2.23. The smallest absolute Gasteiger partial charge is 0.0738 e. The third-order valence-electron chi connectivity index (χ3n) is 2.58. The highest BCUT2D eigenvalue weighted by Crippen LogP contribution is 2.26. The van der Waals surface area contributed by atoms with Crippen LogP contribution in [-0.4, -0.2) is 13.2 Å². The van der Waals surface area contributed by atoms with Gasteiger partial charge in [0.25, 0.3) is 0 Å². The second kappa shape index (κ2) is 4.32. The lowest BCUT2D eigenvalue weighted by Gasteiger charge is -2.24. The first-order valence-corrected chi connectivity index (χ1v) is 5.07. The fourth-order valence-electron chi connectivity index (χ4n) is 1.76. The van der Waals surface area contributed by atoms with Crippen LogP contribution >= 0.6 is 0 Å². The summed E-state index contributed by atoms with van der Waals surface area (Å²) >= 11 is 0. The van der Waals surface area contributed by atoms with Crippen LogP contribution in [0.4, 0.5) is 5.69 Å². The van der Waals surface area contributed by atoms with Crippen molar-refractivity contribution >= 4 is 5.69 Å². The van der Waals surface area contributed by atoms with Gasteiger partial charge in [-0.15, -0.1) is 0 Å². The summed E-state index contributed by atoms with van der Waals surface area (Å²) in [7, 11) is 0. The summed E-state index contributed by atoms with van der Waals surface area (Å²) in [6.07, 6.45) is 1.78. The zero-order valence-corrected chi connectivity index (χ0v) is 8.78. The molecule has 1 aliphatic heterocycles. The molecule has 0 saturated carbocycles. The number of ether oxygens (including phenoxy) is 1. The van der Waals surface area contributed by atoms with E-state index >= 15 is 0 Å². The average Bonchev–Trinajstić information content (AvgIpc) is 2.50. The van der Waals surface area contributed by atoms with Crippen molar-refractivity contribution in [2.75, 3.05) is 18.1 Å². The number of nitrogens with zero attached hydrogens (tertiary/aromatic N) is 1. The minimum absolute atomic E-state index is 0.678. The van der Waals surface area contributed by atoms with Gasteiger partial charge in [-0.3, -0.25) is 0 Å². The Bertz CT molecular complexity index is 384. The average molecular weight is 201 g/mol. The van der Waals surface area contributed by atoms with E-state index in [0.29, 0.717) is 6.61 Å². The van der Waals surface area contributed by atoms with Crippen LogP contribution in [0.2, 0.25) is 0 Å². The Morgan fingerprint density at radius 1 is 1.40 bits per heavy atom. The van der Waals surface area contributed by atoms with Crippen LogP contribution in [0.1, 0.15) is 5.56 Å². The molecule has 2 rings (SSSR count). The fourth-order valence-corrected chi connectivity index (χ4v) is 1.76. The van der Waals surface area contributed by atoms with E-state index in [9.17, 15) is 0 Å². The standard InChI is InChI=1S/C13H15NO/c1-3-11(2)14-8-9-15-10-12-6-4-5-7-13(12)14/h3-7H,1-2,8-10H2. The molecular weight excluding hydrogens is 186 g/mol. The largest absolute Gasteiger partial charge is 0.375 e. The summed E-state index contributed by atoms with van der Waals surface area (Å²) in [4.78, 5) is 2.15. The molecule has 0 spiro atoms. The molecule has 0 radical (unpaired) electrons. The van der Waals surface area contributed by atoms with E-state index in [1.165, 1.54) is 11.3 Å². The SMILES string of the molecule is C=CC(=C)N1CCOCc2ccccc21. The molecule has 1 aromatic rings. The molecular formula is C13H15NO. The molecule has 1 aromatic carbocycles. The molecule has 2 heteroatoms. The number of hydrogen-bond acceptors (Lipinski definition) is 2. The second-order valence-corrected chi connectivity index (χ2v) is 3.53. The molecule has 0 amide bonds. The first-order chi connectivity index (χ1) is 7.33. The number of hydrogen-bond donors (Lipinski definition) is 0. The van der Waals surface area contributed by atoms with Crippen molar-refractivity contribution in [1.82, 2.24) is 0 Å². The van der Waals surface area contributed by atoms with Crippen LogP contribution in [0.5, 0.6) is 0 Å². The van der Waals surface area contributed by atoms with Gasteiger partial charge in [0, 0.05) is 23.5 Å². The van der Waals surface area contributed by atoms with Crippen molar-refractivity contribution in [3.63, 3.8) is 0 Å². The highest BCUT2D eigenvalue weighted by atomic mass is 16.5. The van der Waals surface area contributed by atoms with Gasteiger partial charge in [-0.25, -0.2) is 0 Å². The molecule has 0 N–H and O–H groups in total. The van der Waals surface area contributed by atoms with E-state index < -0.39 is 0 Å². The third-order valence-corrected chi connectivity index (χ3v) is 2.58. The third kappa shape index (κ3) is 1.95. The maximum atomic E-state index is 5.53. The molecule has 1 aliphatic rings. The first-order valence-electron chi connectivity index (χ1n) is 5.07. The second-order valence-electron chi connectivity index (χ2n) is 3.53. The van der Waals surface area contributed by atoms with E-state index in [1.54, 1.807) is 6.08 Å². The van der Waals surface area contributed by atoms with Gasteiger partial charge in [0.05, 0.1) is 13.2 Å². The molecule has 0 unspecified atom stereocenters. The van der Waals surface area contributed by atoms with Gasteiger partial charge < -0.3 is 9.64 Å². The Kier molecular flexibility index (Phi) is 2.88. The molecule has 2 nitrogen and oxygen atoms in total. The zero-order chi connectivity index (χ0) is 10.7. The van der Waals surface area contributed by atoms with Gasteiger partial charge >= 0.3 is 0 Å². The molecule has 15 heavy (non-hydrogen) atoms. The van der Waals surface area contributed by atoms with Crippen LogP contribution < -0.4 is 4.90 Å². The van der Waals surface area contributed by atoms with E-state index in [4.69, 9.17) is 4.74 Å². The number of anilines is 1. The summed E-state index contributed by atoms with van der Waals surface area (Å²) in [5.74, 6) is 0. The maximum Gasteiger partial charge on any atom is 0.0738 e. The maximum absolute atomic E-state index is 5.53. The molecule has 0 saturated heterocycles. The summed E-state index contributed by atoms with van der Waals surface area (Å²) in [6, 6.07) is 8.25. The van der Waals surface area contributed by atoms with E-state index in [0.717, 1.165) is 18.8 Å². The first kappa shape index (κ1) is 9.99. The van der Waals surface area contributed by atoms with Crippen molar-refractivity contribution < 1.29 is 4.74 Å². The van der Waals surface area contributed by atoms with Crippen molar-refractivity contribution in [2.24, 2.45) is 0 Å². The molecule has 1 heterocycles. The summed E-state index contributed by atoms with van der Waals surface area (Å²) < 4.78 is 5.53. The van der Waals surface area contributed by atoms with E-state index in [-0.39, 0.29) is 0 Å². The minimum Gasteiger partial charge on any atom is -0.375 e. The minimum atomic E-state index is 0.678. The predicted octanol–water partition coefficient (Wildman–Crippen LogP) is 2.72. The monoisotopic (exact) mass is 201 g/mol. The van der Waals surface area contributed by atoms with Crippen molar-refractivity contribution in [1.29, 1.82) is 0 Å². The van der Waals surface area contributed by atoms with E-state index in [1.807, 2.05) is 12.1 Å². The van der Waals surface area contributed by atoms with Crippen LogP contribution in [-0.2, 0) is 11.3 Å². The predicted molar refractivity (Wildman–Crippen MR) is 62.8 cm³/mol. The van der Waals surface area contributed by atoms with Gasteiger partial charge in [0.2, 0.25) is 0 Å². The Balaban J connectivity index is 2.41. The van der Waals surface area contributed by atoms with Crippen molar-refractivity contribution in [2.45, 2.75) is 6.61 Å². The van der Waals surface area contributed by atoms with Gasteiger partial charge in [-0.2, -0.15) is 0 Å². The lowest BCUT2D eigenvalue weighted by molar-refractivity contribution is 0.133. The fraction of sp³-hybridized carbons (Fsp3) is 0.231. The number of fused-ring (bicyclic) bond motifs is 1. The highest BCUT2D eigenvalue weighted by molar-refractivity contribution is 5.59. The van der Waals surface area contributed by atoms with Gasteiger partial charge in [0.1, 0.15) is 0 Å². The topological polar surface area (TPSA) is 12.5 Å². The lowest BCUT2D eigenvalue weighted by atomic mass is 10.1. The van der Waals surface area contributed by atoms with Crippen LogP contribution in [0.25, 0.3) is 0 Å². The summed E-state index contributed by atoms with van der Waals surface area (Å²) in [5, 5.41) is 0. The van der Waals surface area contributed by atoms with Crippen LogP contribution in [0.3, 0.4) is 0 Å². The number of rotatable bonds is 2. The quantitative estimate of drug-likeness (QED) is 0.682. The van der Waals surface area contributed by atoms with Crippen LogP contribution in [0.15, 0.2) is 49.2 Å².